The Morgan fingerprint density at radius 3 is 2.77 bits per heavy atom. The molecule has 0 aromatic rings. The van der Waals surface area contributed by atoms with Gasteiger partial charge in [0.1, 0.15) is 5.78 Å². The van der Waals surface area contributed by atoms with E-state index in [9.17, 15) is 4.79 Å². The number of hydrogen-bond acceptors (Lipinski definition) is 1. The number of hydrogen-bond donors (Lipinski definition) is 0. The molecule has 0 radical (unpaired) electrons. The molecule has 0 aromatic carbocycles. The Bertz CT molecular complexity index is 270. The van der Waals surface area contributed by atoms with Crippen LogP contribution in [0.5, 0.6) is 0 Å². The molecular weight excluding hydrogens is 160 g/mol. The third-order valence-corrected chi connectivity index (χ3v) is 5.25. The molecule has 3 rings (SSSR count). The van der Waals surface area contributed by atoms with Crippen LogP contribution in [0.4, 0.5) is 0 Å². The van der Waals surface area contributed by atoms with E-state index in [1.54, 1.807) is 0 Å². The average Bonchev–Trinajstić information content (AvgIpc) is 2.73. The maximum atomic E-state index is 12.0. The number of fused-ring (bicyclic) bond motifs is 5. The monoisotopic (exact) mass is 178 g/mol. The van der Waals surface area contributed by atoms with Gasteiger partial charge in [-0.05, 0) is 43.4 Å². The molecule has 5 atom stereocenters. The summed E-state index contributed by atoms with van der Waals surface area (Å²) < 4.78 is 0. The normalized spacial score (nSPS) is 57.8. The fourth-order valence-electron chi connectivity index (χ4n) is 4.44. The van der Waals surface area contributed by atoms with E-state index >= 15 is 0 Å². The second-order valence-electron chi connectivity index (χ2n) is 5.52. The van der Waals surface area contributed by atoms with Crippen LogP contribution in [0, 0.1) is 29.1 Å². The highest BCUT2D eigenvalue weighted by Crippen LogP contribution is 2.67. The molecule has 0 heterocycles. The first-order valence-electron chi connectivity index (χ1n) is 5.73. The van der Waals surface area contributed by atoms with Crippen molar-refractivity contribution in [2.45, 2.75) is 39.5 Å². The van der Waals surface area contributed by atoms with Gasteiger partial charge in [-0.25, -0.2) is 0 Å². The van der Waals surface area contributed by atoms with E-state index in [4.69, 9.17) is 0 Å². The molecule has 5 unspecified atom stereocenters. The Hall–Kier alpha value is -0.330. The molecule has 3 aliphatic carbocycles. The van der Waals surface area contributed by atoms with Crippen LogP contribution in [0.2, 0.25) is 0 Å². The number of Topliss-reactive ketones (excluding diaryl/α,β-unsaturated/α-hetero) is 1. The molecular formula is C12H18O. The van der Waals surface area contributed by atoms with Gasteiger partial charge in [0.05, 0.1) is 0 Å². The fraction of sp³-hybridized carbons (Fsp3) is 0.917. The first kappa shape index (κ1) is 8.02. The SMILES string of the molecule is CCC1(C)C(=O)C2C3CCC(C3)C21. The van der Waals surface area contributed by atoms with Gasteiger partial charge >= 0.3 is 0 Å². The van der Waals surface area contributed by atoms with Crippen molar-refractivity contribution in [2.24, 2.45) is 29.1 Å². The van der Waals surface area contributed by atoms with E-state index in [1.807, 2.05) is 0 Å². The lowest BCUT2D eigenvalue weighted by Gasteiger charge is -2.53. The Labute approximate surface area is 79.9 Å². The summed E-state index contributed by atoms with van der Waals surface area (Å²) in [7, 11) is 0. The number of ketones is 1. The molecule has 0 N–H and O–H groups in total. The van der Waals surface area contributed by atoms with Crippen molar-refractivity contribution in [3.8, 4) is 0 Å². The predicted octanol–water partition coefficient (Wildman–Crippen LogP) is 2.65. The van der Waals surface area contributed by atoms with E-state index in [-0.39, 0.29) is 5.41 Å². The van der Waals surface area contributed by atoms with E-state index in [1.165, 1.54) is 19.3 Å². The van der Waals surface area contributed by atoms with Crippen LogP contribution in [0.3, 0.4) is 0 Å². The Morgan fingerprint density at radius 2 is 2.08 bits per heavy atom. The molecule has 3 fully saturated rings. The molecule has 1 heteroatoms. The summed E-state index contributed by atoms with van der Waals surface area (Å²) in [5.74, 6) is 3.60. The second kappa shape index (κ2) is 2.18. The minimum Gasteiger partial charge on any atom is -0.299 e. The Morgan fingerprint density at radius 1 is 1.38 bits per heavy atom. The molecule has 72 valence electrons. The van der Waals surface area contributed by atoms with Gasteiger partial charge in [0.25, 0.3) is 0 Å². The number of rotatable bonds is 1. The van der Waals surface area contributed by atoms with Gasteiger partial charge in [-0.15, -0.1) is 0 Å². The van der Waals surface area contributed by atoms with Gasteiger partial charge in [-0.3, -0.25) is 4.79 Å². The van der Waals surface area contributed by atoms with Crippen LogP contribution in [0.15, 0.2) is 0 Å². The lowest BCUT2D eigenvalue weighted by molar-refractivity contribution is -0.161. The zero-order valence-corrected chi connectivity index (χ0v) is 8.55. The van der Waals surface area contributed by atoms with Gasteiger partial charge in [0.2, 0.25) is 0 Å². The zero-order chi connectivity index (χ0) is 9.22. The number of carbonyl (C=O) groups is 1. The van der Waals surface area contributed by atoms with Crippen LogP contribution < -0.4 is 0 Å². The largest absolute Gasteiger partial charge is 0.299 e. The summed E-state index contributed by atoms with van der Waals surface area (Å²) in [6, 6.07) is 0. The molecule has 0 aromatic heterocycles. The molecule has 13 heavy (non-hydrogen) atoms. The molecule has 1 nitrogen and oxygen atoms in total. The third kappa shape index (κ3) is 0.693. The van der Waals surface area contributed by atoms with Crippen molar-refractivity contribution in [2.75, 3.05) is 0 Å². The van der Waals surface area contributed by atoms with E-state index in [0.717, 1.165) is 24.2 Å². The van der Waals surface area contributed by atoms with Crippen molar-refractivity contribution in [1.29, 1.82) is 0 Å². The summed E-state index contributed by atoms with van der Waals surface area (Å²) in [6.07, 6.45) is 5.19. The fourth-order valence-corrected chi connectivity index (χ4v) is 4.44. The molecule has 0 saturated heterocycles. The zero-order valence-electron chi connectivity index (χ0n) is 8.55. The lowest BCUT2D eigenvalue weighted by Crippen LogP contribution is -2.58. The summed E-state index contributed by atoms with van der Waals surface area (Å²) in [6.45, 7) is 4.39. The average molecular weight is 178 g/mol. The summed E-state index contributed by atoms with van der Waals surface area (Å²) >= 11 is 0. The predicted molar refractivity (Wildman–Crippen MR) is 51.2 cm³/mol. The summed E-state index contributed by atoms with van der Waals surface area (Å²) in [4.78, 5) is 12.0. The first-order chi connectivity index (χ1) is 6.18. The first-order valence-corrected chi connectivity index (χ1v) is 5.73. The molecule has 3 aliphatic rings. The standard InChI is InChI=1S/C12H18O/c1-3-12(2)10-8-5-4-7(6-8)9(10)11(12)13/h7-10H,3-6H2,1-2H3. The van der Waals surface area contributed by atoms with Crippen LogP contribution in [0.1, 0.15) is 39.5 Å². The van der Waals surface area contributed by atoms with Crippen LogP contribution in [0.25, 0.3) is 0 Å². The molecule has 3 saturated carbocycles. The highest BCUT2D eigenvalue weighted by Gasteiger charge is 2.67. The number of carbonyl (C=O) groups excluding carboxylic acids is 1. The lowest BCUT2D eigenvalue weighted by atomic mass is 9.48. The summed E-state index contributed by atoms with van der Waals surface area (Å²) in [5, 5.41) is 0. The Balaban J connectivity index is 1.95. The van der Waals surface area contributed by atoms with Gasteiger partial charge in [0, 0.05) is 11.3 Å². The minimum absolute atomic E-state index is 0.0878. The van der Waals surface area contributed by atoms with Gasteiger partial charge in [-0.2, -0.15) is 0 Å². The van der Waals surface area contributed by atoms with Crippen molar-refractivity contribution in [1.82, 2.24) is 0 Å². The van der Waals surface area contributed by atoms with Crippen LogP contribution in [-0.2, 0) is 4.79 Å². The van der Waals surface area contributed by atoms with Gasteiger partial charge in [0.15, 0.2) is 0 Å². The minimum atomic E-state index is 0.0878. The van der Waals surface area contributed by atoms with E-state index < -0.39 is 0 Å². The highest BCUT2D eigenvalue weighted by atomic mass is 16.1. The molecule has 0 aliphatic heterocycles. The molecule has 0 amide bonds. The van der Waals surface area contributed by atoms with Crippen LogP contribution >= 0.6 is 0 Å². The van der Waals surface area contributed by atoms with Crippen molar-refractivity contribution >= 4 is 5.78 Å². The molecule has 2 bridgehead atoms. The maximum Gasteiger partial charge on any atom is 0.142 e. The maximum absolute atomic E-state index is 12.0. The molecule has 0 spiro atoms. The van der Waals surface area contributed by atoms with Crippen molar-refractivity contribution in [3.05, 3.63) is 0 Å². The van der Waals surface area contributed by atoms with Gasteiger partial charge in [-0.1, -0.05) is 13.8 Å². The highest BCUT2D eigenvalue weighted by molar-refractivity contribution is 5.94. The summed E-state index contributed by atoms with van der Waals surface area (Å²) in [5.41, 5.74) is 0.0878. The van der Waals surface area contributed by atoms with E-state index in [2.05, 4.69) is 13.8 Å². The quantitative estimate of drug-likeness (QED) is 0.603. The van der Waals surface area contributed by atoms with Crippen LogP contribution in [-0.4, -0.2) is 5.78 Å². The van der Waals surface area contributed by atoms with Gasteiger partial charge < -0.3 is 0 Å². The topological polar surface area (TPSA) is 17.1 Å². The second-order valence-corrected chi connectivity index (χ2v) is 5.52. The smallest absolute Gasteiger partial charge is 0.142 e. The van der Waals surface area contributed by atoms with Crippen molar-refractivity contribution in [3.63, 3.8) is 0 Å². The Kier molecular flexibility index (Phi) is 1.35. The third-order valence-electron chi connectivity index (χ3n) is 5.25. The van der Waals surface area contributed by atoms with E-state index in [0.29, 0.717) is 11.7 Å². The van der Waals surface area contributed by atoms with Crippen molar-refractivity contribution < 1.29 is 4.79 Å².